The first kappa shape index (κ1) is 24.4. The van der Waals surface area contributed by atoms with E-state index in [-0.39, 0.29) is 24.2 Å². The van der Waals surface area contributed by atoms with Gasteiger partial charge in [0.15, 0.2) is 0 Å². The molecule has 1 heterocycles. The van der Waals surface area contributed by atoms with Gasteiger partial charge in [-0.3, -0.25) is 14.6 Å². The Morgan fingerprint density at radius 1 is 1.00 bits per heavy atom. The summed E-state index contributed by atoms with van der Waals surface area (Å²) in [4.78, 5) is 29.9. The molecule has 0 unspecified atom stereocenters. The summed E-state index contributed by atoms with van der Waals surface area (Å²) < 4.78 is 0. The Balaban J connectivity index is 1.81. The highest BCUT2D eigenvalue weighted by Crippen LogP contribution is 2.21. The molecule has 0 aliphatic heterocycles. The molecule has 2 aromatic carbocycles. The van der Waals surface area contributed by atoms with Gasteiger partial charge in [-0.1, -0.05) is 62.4 Å². The van der Waals surface area contributed by atoms with Crippen LogP contribution in [0.4, 0.5) is 0 Å². The van der Waals surface area contributed by atoms with Crippen LogP contribution < -0.4 is 10.6 Å². The summed E-state index contributed by atoms with van der Waals surface area (Å²) in [6, 6.07) is 18.6. The Bertz CT molecular complexity index is 1070. The van der Waals surface area contributed by atoms with Crippen molar-refractivity contribution < 1.29 is 14.7 Å². The zero-order valence-corrected chi connectivity index (χ0v) is 19.5. The number of para-hydroxylation sites is 1. The predicted octanol–water partition coefficient (Wildman–Crippen LogP) is 3.74. The number of rotatable bonds is 10. The highest BCUT2D eigenvalue weighted by molar-refractivity contribution is 5.97. The minimum absolute atomic E-state index is 0.0914. The number of hydrogen-bond acceptors (Lipinski definition) is 4. The average Bonchev–Trinajstić information content (AvgIpc) is 2.82. The van der Waals surface area contributed by atoms with Crippen molar-refractivity contribution in [3.8, 4) is 0 Å². The lowest BCUT2D eigenvalue weighted by Crippen LogP contribution is -2.46. The molecule has 1 aromatic heterocycles. The first-order valence-electron chi connectivity index (χ1n) is 11.5. The topological polar surface area (TPSA) is 91.3 Å². The SMILES string of the molecule is CNC(=O)[C@@H](CC(C)C)C[C@H](O)[C@H](Cc1ccccc1)NC(=O)c1cnc2ccccc2c1. The van der Waals surface area contributed by atoms with Gasteiger partial charge in [0.1, 0.15) is 0 Å². The number of nitrogens with one attached hydrogen (secondary N) is 2. The predicted molar refractivity (Wildman–Crippen MR) is 131 cm³/mol. The minimum Gasteiger partial charge on any atom is -0.391 e. The molecule has 2 amide bonds. The second-order valence-corrected chi connectivity index (χ2v) is 8.93. The fourth-order valence-electron chi connectivity index (χ4n) is 4.14. The van der Waals surface area contributed by atoms with Gasteiger partial charge in [-0.15, -0.1) is 0 Å². The average molecular weight is 448 g/mol. The summed E-state index contributed by atoms with van der Waals surface area (Å²) in [5, 5.41) is 17.7. The number of aliphatic hydroxyl groups excluding tert-OH is 1. The molecule has 3 atom stereocenters. The van der Waals surface area contributed by atoms with Gasteiger partial charge >= 0.3 is 0 Å². The fraction of sp³-hybridized carbons (Fsp3) is 0.370. The third-order valence-corrected chi connectivity index (χ3v) is 5.83. The Morgan fingerprint density at radius 3 is 2.39 bits per heavy atom. The van der Waals surface area contributed by atoms with Gasteiger partial charge in [0.25, 0.3) is 5.91 Å². The van der Waals surface area contributed by atoms with Crippen LogP contribution in [0, 0.1) is 11.8 Å². The van der Waals surface area contributed by atoms with Gasteiger partial charge in [0, 0.05) is 24.5 Å². The fourth-order valence-corrected chi connectivity index (χ4v) is 4.14. The molecule has 0 saturated heterocycles. The lowest BCUT2D eigenvalue weighted by Gasteiger charge is -2.28. The molecule has 0 radical (unpaired) electrons. The van der Waals surface area contributed by atoms with E-state index >= 15 is 0 Å². The largest absolute Gasteiger partial charge is 0.391 e. The van der Waals surface area contributed by atoms with E-state index in [1.807, 2.05) is 54.6 Å². The number of carbonyl (C=O) groups is 2. The maximum absolute atomic E-state index is 13.1. The lowest BCUT2D eigenvalue weighted by atomic mass is 9.87. The molecule has 3 aromatic rings. The third-order valence-electron chi connectivity index (χ3n) is 5.83. The van der Waals surface area contributed by atoms with Crippen LogP contribution in [-0.4, -0.2) is 41.1 Å². The van der Waals surface area contributed by atoms with E-state index in [9.17, 15) is 14.7 Å². The zero-order chi connectivity index (χ0) is 23.8. The zero-order valence-electron chi connectivity index (χ0n) is 19.5. The summed E-state index contributed by atoms with van der Waals surface area (Å²) in [6.45, 7) is 4.11. The van der Waals surface area contributed by atoms with Crippen LogP contribution in [0.1, 0.15) is 42.6 Å². The van der Waals surface area contributed by atoms with Gasteiger partial charge in [-0.2, -0.15) is 0 Å². The molecule has 0 aliphatic rings. The molecule has 0 spiro atoms. The van der Waals surface area contributed by atoms with Crippen LogP contribution in [-0.2, 0) is 11.2 Å². The molecule has 3 rings (SSSR count). The molecule has 0 fully saturated rings. The summed E-state index contributed by atoms with van der Waals surface area (Å²) in [5.74, 6) is -0.410. The van der Waals surface area contributed by atoms with E-state index in [0.717, 1.165) is 16.5 Å². The van der Waals surface area contributed by atoms with Crippen molar-refractivity contribution in [1.29, 1.82) is 0 Å². The van der Waals surface area contributed by atoms with Gasteiger partial charge in [-0.25, -0.2) is 0 Å². The molecule has 33 heavy (non-hydrogen) atoms. The number of nitrogens with zero attached hydrogens (tertiary/aromatic N) is 1. The van der Waals surface area contributed by atoms with Crippen LogP contribution in [0.2, 0.25) is 0 Å². The number of pyridine rings is 1. The van der Waals surface area contributed by atoms with Crippen LogP contribution in [0.15, 0.2) is 66.9 Å². The Morgan fingerprint density at radius 2 is 1.70 bits per heavy atom. The monoisotopic (exact) mass is 447 g/mol. The normalized spacial score (nSPS) is 14.0. The molecular formula is C27H33N3O3. The van der Waals surface area contributed by atoms with Gasteiger partial charge < -0.3 is 15.7 Å². The second-order valence-electron chi connectivity index (χ2n) is 8.93. The highest BCUT2D eigenvalue weighted by Gasteiger charge is 2.29. The standard InChI is InChI=1S/C27H33N3O3/c1-18(2)13-21(26(32)28-3)16-25(31)24(14-19-9-5-4-6-10-19)30-27(33)22-15-20-11-7-8-12-23(20)29-17-22/h4-12,15,17-18,21,24-25,31H,13-14,16H2,1-3H3,(H,28,32)(H,30,33)/t21-,24-,25-/m0/s1. The van der Waals surface area contributed by atoms with Crippen molar-refractivity contribution in [2.24, 2.45) is 11.8 Å². The van der Waals surface area contributed by atoms with Gasteiger partial charge in [-0.05, 0) is 42.9 Å². The van der Waals surface area contributed by atoms with E-state index in [1.54, 1.807) is 19.3 Å². The maximum atomic E-state index is 13.1. The minimum atomic E-state index is -0.886. The number of aliphatic hydroxyl groups is 1. The van der Waals surface area contributed by atoms with Crippen LogP contribution in [0.25, 0.3) is 10.9 Å². The number of hydrogen-bond donors (Lipinski definition) is 3. The van der Waals surface area contributed by atoms with Gasteiger partial charge in [0.2, 0.25) is 5.91 Å². The van der Waals surface area contributed by atoms with E-state index in [4.69, 9.17) is 0 Å². The smallest absolute Gasteiger partial charge is 0.253 e. The molecule has 3 N–H and O–H groups in total. The number of benzene rings is 2. The van der Waals surface area contributed by atoms with Crippen LogP contribution in [0.3, 0.4) is 0 Å². The number of carbonyl (C=O) groups excluding carboxylic acids is 2. The molecule has 0 saturated carbocycles. The third kappa shape index (κ3) is 6.86. The number of fused-ring (bicyclic) bond motifs is 1. The van der Waals surface area contributed by atoms with E-state index < -0.39 is 12.1 Å². The summed E-state index contributed by atoms with van der Waals surface area (Å²) in [6.07, 6.45) is 2.05. The Hall–Kier alpha value is -3.25. The first-order valence-corrected chi connectivity index (χ1v) is 11.5. The highest BCUT2D eigenvalue weighted by atomic mass is 16.3. The van der Waals surface area contributed by atoms with E-state index in [0.29, 0.717) is 24.3 Å². The van der Waals surface area contributed by atoms with Crippen LogP contribution in [0.5, 0.6) is 0 Å². The van der Waals surface area contributed by atoms with E-state index in [1.165, 1.54) is 0 Å². The Labute approximate surface area is 195 Å². The van der Waals surface area contributed by atoms with Gasteiger partial charge in [0.05, 0.1) is 23.2 Å². The summed E-state index contributed by atoms with van der Waals surface area (Å²) in [7, 11) is 1.61. The number of aromatic nitrogens is 1. The molecular weight excluding hydrogens is 414 g/mol. The molecule has 6 nitrogen and oxygen atoms in total. The van der Waals surface area contributed by atoms with Crippen molar-refractivity contribution in [2.75, 3.05) is 7.05 Å². The van der Waals surface area contributed by atoms with Crippen molar-refractivity contribution in [3.05, 3.63) is 78.0 Å². The summed E-state index contributed by atoms with van der Waals surface area (Å²) >= 11 is 0. The second kappa shape index (κ2) is 11.6. The van der Waals surface area contributed by atoms with Crippen molar-refractivity contribution in [1.82, 2.24) is 15.6 Å². The van der Waals surface area contributed by atoms with E-state index in [2.05, 4.69) is 29.5 Å². The number of amides is 2. The molecule has 174 valence electrons. The first-order chi connectivity index (χ1) is 15.9. The summed E-state index contributed by atoms with van der Waals surface area (Å²) in [5.41, 5.74) is 2.25. The van der Waals surface area contributed by atoms with Crippen molar-refractivity contribution in [3.63, 3.8) is 0 Å². The lowest BCUT2D eigenvalue weighted by molar-refractivity contribution is -0.126. The molecule has 6 heteroatoms. The van der Waals surface area contributed by atoms with Crippen molar-refractivity contribution >= 4 is 22.7 Å². The molecule has 0 bridgehead atoms. The quantitative estimate of drug-likeness (QED) is 0.442. The van der Waals surface area contributed by atoms with Crippen molar-refractivity contribution in [2.45, 2.75) is 45.3 Å². The van der Waals surface area contributed by atoms with Crippen LogP contribution >= 0.6 is 0 Å². The maximum Gasteiger partial charge on any atom is 0.253 e. The molecule has 0 aliphatic carbocycles. The Kier molecular flexibility index (Phi) is 8.55.